The molecule has 1 amide bonds. The van der Waals surface area contributed by atoms with Crippen LogP contribution in [0.25, 0.3) is 21.0 Å². The van der Waals surface area contributed by atoms with E-state index in [1.165, 1.54) is 11.8 Å². The Hall–Kier alpha value is -1.94. The van der Waals surface area contributed by atoms with Gasteiger partial charge < -0.3 is 5.32 Å². The van der Waals surface area contributed by atoms with Crippen molar-refractivity contribution in [2.24, 2.45) is 5.92 Å². The molecule has 0 spiro atoms. The molecule has 1 fully saturated rings. The highest BCUT2D eigenvalue weighted by molar-refractivity contribution is 7.22. The summed E-state index contributed by atoms with van der Waals surface area (Å²) in [6.45, 7) is 0. The zero-order valence-corrected chi connectivity index (χ0v) is 11.7. The minimum absolute atomic E-state index is 0.125. The summed E-state index contributed by atoms with van der Waals surface area (Å²) in [7, 11) is 0. The molecule has 0 unspecified atom stereocenters. The summed E-state index contributed by atoms with van der Waals surface area (Å²) < 4.78 is 1.12. The fourth-order valence-electron chi connectivity index (χ4n) is 2.59. The third-order valence-electron chi connectivity index (χ3n) is 3.99. The van der Waals surface area contributed by atoms with E-state index in [0.29, 0.717) is 5.13 Å². The van der Waals surface area contributed by atoms with Gasteiger partial charge in [0, 0.05) is 11.3 Å². The molecule has 1 saturated carbocycles. The van der Waals surface area contributed by atoms with Crippen LogP contribution in [0, 0.1) is 5.92 Å². The van der Waals surface area contributed by atoms with Crippen LogP contribution in [0.15, 0.2) is 36.4 Å². The van der Waals surface area contributed by atoms with Crippen molar-refractivity contribution in [1.29, 1.82) is 0 Å². The number of rotatable bonds is 2. The number of carbonyl (C=O) groups is 1. The monoisotopic (exact) mass is 282 g/mol. The van der Waals surface area contributed by atoms with E-state index in [4.69, 9.17) is 0 Å². The highest BCUT2D eigenvalue weighted by Gasteiger charge is 2.25. The summed E-state index contributed by atoms with van der Waals surface area (Å²) in [5, 5.41) is 6.01. The molecular weight excluding hydrogens is 268 g/mol. The molecule has 1 heterocycles. The summed E-state index contributed by atoms with van der Waals surface area (Å²) in [4.78, 5) is 16.6. The Bertz CT molecular complexity index is 804. The Labute approximate surface area is 120 Å². The maximum atomic E-state index is 12.0. The van der Waals surface area contributed by atoms with Crippen molar-refractivity contribution in [3.8, 4) is 0 Å². The molecule has 1 N–H and O–H groups in total. The molecule has 0 aliphatic heterocycles. The van der Waals surface area contributed by atoms with Crippen LogP contribution in [-0.2, 0) is 4.79 Å². The van der Waals surface area contributed by atoms with E-state index >= 15 is 0 Å². The van der Waals surface area contributed by atoms with E-state index < -0.39 is 0 Å². The number of fused-ring (bicyclic) bond motifs is 3. The standard InChI is InChI=1S/C16H14N2OS/c19-15(11-5-3-6-11)18-16-17-14-12-7-2-1-4-10(12)8-9-13(14)20-16/h1-2,4,7-9,11H,3,5-6H2,(H,17,18,19). The molecule has 0 bridgehead atoms. The molecule has 0 saturated heterocycles. The molecule has 0 atom stereocenters. The highest BCUT2D eigenvalue weighted by atomic mass is 32.1. The molecule has 100 valence electrons. The van der Waals surface area contributed by atoms with Crippen LogP contribution in [0.4, 0.5) is 5.13 Å². The molecule has 1 aromatic heterocycles. The number of hydrogen-bond donors (Lipinski definition) is 1. The number of hydrogen-bond acceptors (Lipinski definition) is 3. The number of anilines is 1. The minimum atomic E-state index is 0.125. The van der Waals surface area contributed by atoms with Crippen molar-refractivity contribution < 1.29 is 4.79 Å². The second-order valence-corrected chi connectivity index (χ2v) is 6.30. The Morgan fingerprint density at radius 2 is 2.05 bits per heavy atom. The molecule has 20 heavy (non-hydrogen) atoms. The lowest BCUT2D eigenvalue weighted by atomic mass is 9.85. The first-order valence-corrected chi connectivity index (χ1v) is 7.72. The Morgan fingerprint density at radius 3 is 2.85 bits per heavy atom. The van der Waals surface area contributed by atoms with E-state index in [2.05, 4.69) is 34.6 Å². The van der Waals surface area contributed by atoms with Gasteiger partial charge in [0.05, 0.1) is 10.2 Å². The highest BCUT2D eigenvalue weighted by Crippen LogP contribution is 2.33. The van der Waals surface area contributed by atoms with Crippen LogP contribution in [0.2, 0.25) is 0 Å². The molecule has 4 heteroatoms. The third kappa shape index (κ3) is 1.88. The number of amides is 1. The van der Waals surface area contributed by atoms with Crippen LogP contribution in [0.3, 0.4) is 0 Å². The maximum Gasteiger partial charge on any atom is 0.229 e. The Kier molecular flexibility index (Phi) is 2.70. The van der Waals surface area contributed by atoms with Gasteiger partial charge in [-0.1, -0.05) is 48.1 Å². The summed E-state index contributed by atoms with van der Waals surface area (Å²) in [6, 6.07) is 12.4. The van der Waals surface area contributed by atoms with Crippen molar-refractivity contribution in [2.75, 3.05) is 5.32 Å². The van der Waals surface area contributed by atoms with Gasteiger partial charge >= 0.3 is 0 Å². The molecule has 1 aliphatic carbocycles. The van der Waals surface area contributed by atoms with Gasteiger partial charge in [0.25, 0.3) is 0 Å². The van der Waals surface area contributed by atoms with Gasteiger partial charge in [-0.2, -0.15) is 0 Å². The van der Waals surface area contributed by atoms with Crippen molar-refractivity contribution in [3.05, 3.63) is 36.4 Å². The van der Waals surface area contributed by atoms with Crippen LogP contribution < -0.4 is 5.32 Å². The summed E-state index contributed by atoms with van der Waals surface area (Å²) >= 11 is 1.55. The number of thiazole rings is 1. The van der Waals surface area contributed by atoms with E-state index in [9.17, 15) is 4.79 Å². The van der Waals surface area contributed by atoms with E-state index in [1.54, 1.807) is 11.3 Å². The van der Waals surface area contributed by atoms with Gasteiger partial charge in [-0.05, 0) is 24.3 Å². The average molecular weight is 282 g/mol. The lowest BCUT2D eigenvalue weighted by Crippen LogP contribution is -2.27. The maximum absolute atomic E-state index is 12.0. The molecule has 2 aromatic carbocycles. The number of nitrogens with one attached hydrogen (secondary N) is 1. The van der Waals surface area contributed by atoms with Crippen LogP contribution in [0.1, 0.15) is 19.3 Å². The second-order valence-electron chi connectivity index (χ2n) is 5.27. The van der Waals surface area contributed by atoms with Crippen molar-refractivity contribution in [3.63, 3.8) is 0 Å². The van der Waals surface area contributed by atoms with Gasteiger partial charge in [0.15, 0.2) is 5.13 Å². The lowest BCUT2D eigenvalue weighted by Gasteiger charge is -2.23. The Morgan fingerprint density at radius 1 is 1.20 bits per heavy atom. The van der Waals surface area contributed by atoms with Crippen molar-refractivity contribution >= 4 is 43.4 Å². The molecule has 4 rings (SSSR count). The third-order valence-corrected chi connectivity index (χ3v) is 4.93. The first-order valence-electron chi connectivity index (χ1n) is 6.90. The van der Waals surface area contributed by atoms with Gasteiger partial charge in [0.2, 0.25) is 5.91 Å². The van der Waals surface area contributed by atoms with Gasteiger partial charge in [0.1, 0.15) is 0 Å². The Balaban J connectivity index is 1.74. The zero-order valence-electron chi connectivity index (χ0n) is 10.9. The normalized spacial score (nSPS) is 15.4. The van der Waals surface area contributed by atoms with Gasteiger partial charge in [-0.25, -0.2) is 4.98 Å². The van der Waals surface area contributed by atoms with E-state index in [-0.39, 0.29) is 11.8 Å². The summed E-state index contributed by atoms with van der Waals surface area (Å²) in [5.41, 5.74) is 0.983. The smallest absolute Gasteiger partial charge is 0.229 e. The van der Waals surface area contributed by atoms with Crippen molar-refractivity contribution in [1.82, 2.24) is 4.98 Å². The average Bonchev–Trinajstić information content (AvgIpc) is 2.79. The fraction of sp³-hybridized carbons (Fsp3) is 0.250. The van der Waals surface area contributed by atoms with Crippen LogP contribution in [0.5, 0.6) is 0 Å². The number of nitrogens with zero attached hydrogens (tertiary/aromatic N) is 1. The molecular formula is C16H14N2OS. The van der Waals surface area contributed by atoms with Gasteiger partial charge in [-0.15, -0.1) is 0 Å². The number of carbonyl (C=O) groups excluding carboxylic acids is 1. The topological polar surface area (TPSA) is 42.0 Å². The van der Waals surface area contributed by atoms with Gasteiger partial charge in [-0.3, -0.25) is 4.79 Å². The van der Waals surface area contributed by atoms with E-state index in [0.717, 1.165) is 28.4 Å². The molecule has 3 nitrogen and oxygen atoms in total. The predicted molar refractivity (Wildman–Crippen MR) is 83.1 cm³/mol. The van der Waals surface area contributed by atoms with Crippen LogP contribution >= 0.6 is 11.3 Å². The molecule has 3 aromatic rings. The lowest BCUT2D eigenvalue weighted by molar-refractivity contribution is -0.122. The van der Waals surface area contributed by atoms with Crippen molar-refractivity contribution in [2.45, 2.75) is 19.3 Å². The number of aromatic nitrogens is 1. The first-order chi connectivity index (χ1) is 9.81. The summed E-state index contributed by atoms with van der Waals surface area (Å²) in [5.74, 6) is 0.318. The summed E-state index contributed by atoms with van der Waals surface area (Å²) in [6.07, 6.45) is 3.20. The quantitative estimate of drug-likeness (QED) is 0.765. The zero-order chi connectivity index (χ0) is 13.5. The second kappa shape index (κ2) is 4.56. The molecule has 1 aliphatic rings. The number of benzene rings is 2. The SMILES string of the molecule is O=C(Nc1nc2c(ccc3ccccc32)s1)C1CCC1. The predicted octanol–water partition coefficient (Wildman–Crippen LogP) is 4.19. The largest absolute Gasteiger partial charge is 0.302 e. The molecule has 0 radical (unpaired) electrons. The minimum Gasteiger partial charge on any atom is -0.302 e. The van der Waals surface area contributed by atoms with Crippen LogP contribution in [-0.4, -0.2) is 10.9 Å². The fourth-order valence-corrected chi connectivity index (χ4v) is 3.48. The first kappa shape index (κ1) is 11.9. The van der Waals surface area contributed by atoms with E-state index in [1.807, 2.05) is 12.1 Å².